The predicted molar refractivity (Wildman–Crippen MR) is 54.0 cm³/mol. The van der Waals surface area contributed by atoms with E-state index in [1.165, 1.54) is 0 Å². The largest absolute Gasteiger partial charge is 0.401 e. The lowest BCUT2D eigenvalue weighted by molar-refractivity contribution is -0.150. The highest BCUT2D eigenvalue weighted by Crippen LogP contribution is 2.19. The average Bonchev–Trinajstić information content (AvgIpc) is 1.99. The molecule has 0 spiro atoms. The number of rotatable bonds is 5. The summed E-state index contributed by atoms with van der Waals surface area (Å²) in [6.07, 6.45) is -4.35. The Morgan fingerprint density at radius 3 is 2.06 bits per heavy atom. The molecule has 96 valence electrons. The first kappa shape index (κ1) is 15.4. The van der Waals surface area contributed by atoms with Gasteiger partial charge >= 0.3 is 6.18 Å². The first-order valence-electron chi connectivity index (χ1n) is 4.99. The van der Waals surface area contributed by atoms with Crippen LogP contribution in [0.3, 0.4) is 0 Å². The molecule has 1 N–H and O–H groups in total. The van der Waals surface area contributed by atoms with E-state index < -0.39 is 24.7 Å². The molecule has 0 saturated carbocycles. The zero-order valence-corrected chi connectivity index (χ0v) is 9.76. The van der Waals surface area contributed by atoms with Gasteiger partial charge in [-0.3, -0.25) is 9.69 Å². The summed E-state index contributed by atoms with van der Waals surface area (Å²) in [5, 5.41) is 8.63. The summed E-state index contributed by atoms with van der Waals surface area (Å²) >= 11 is 0. The summed E-state index contributed by atoms with van der Waals surface area (Å²) in [5.74, 6) is -0.273. The standard InChI is InChI=1S/C10H18F3NO2/c1-9(2,3)8(16)6-14(4-5-15)7-10(11,12)13/h15H,4-7H2,1-3H3. The fourth-order valence-electron chi connectivity index (χ4n) is 1.05. The Kier molecular flexibility index (Phi) is 5.41. The molecule has 0 unspecified atom stereocenters. The Hall–Kier alpha value is -0.620. The normalized spacial score (nSPS) is 13.2. The van der Waals surface area contributed by atoms with Crippen LogP contribution in [0.4, 0.5) is 13.2 Å². The minimum absolute atomic E-state index is 0.151. The van der Waals surface area contributed by atoms with Crippen molar-refractivity contribution >= 4 is 5.78 Å². The minimum Gasteiger partial charge on any atom is -0.395 e. The van der Waals surface area contributed by atoms with E-state index in [0.29, 0.717) is 0 Å². The Labute approximate surface area is 93.2 Å². The molecule has 0 rings (SSSR count). The fraction of sp³-hybridized carbons (Fsp3) is 0.900. The number of Topliss-reactive ketones (excluding diaryl/α,β-unsaturated/α-hetero) is 1. The van der Waals surface area contributed by atoms with E-state index in [9.17, 15) is 18.0 Å². The van der Waals surface area contributed by atoms with E-state index >= 15 is 0 Å². The van der Waals surface area contributed by atoms with Gasteiger partial charge in [0.25, 0.3) is 0 Å². The van der Waals surface area contributed by atoms with Crippen molar-refractivity contribution in [1.29, 1.82) is 0 Å². The Morgan fingerprint density at radius 2 is 1.75 bits per heavy atom. The van der Waals surface area contributed by atoms with Crippen LogP contribution in [-0.2, 0) is 4.79 Å². The third kappa shape index (κ3) is 6.79. The maximum absolute atomic E-state index is 12.1. The van der Waals surface area contributed by atoms with E-state index in [1.54, 1.807) is 20.8 Å². The lowest BCUT2D eigenvalue weighted by atomic mass is 9.90. The van der Waals surface area contributed by atoms with Gasteiger partial charge in [0.05, 0.1) is 19.7 Å². The van der Waals surface area contributed by atoms with Gasteiger partial charge in [0.15, 0.2) is 5.78 Å². The highest BCUT2D eigenvalue weighted by atomic mass is 19.4. The van der Waals surface area contributed by atoms with Crippen LogP contribution in [-0.4, -0.2) is 48.2 Å². The van der Waals surface area contributed by atoms with Gasteiger partial charge in [-0.05, 0) is 0 Å². The molecule has 0 aromatic heterocycles. The SMILES string of the molecule is CC(C)(C)C(=O)CN(CCO)CC(F)(F)F. The second-order valence-electron chi connectivity index (χ2n) is 4.72. The van der Waals surface area contributed by atoms with Crippen LogP contribution < -0.4 is 0 Å². The molecule has 0 radical (unpaired) electrons. The second-order valence-corrected chi connectivity index (χ2v) is 4.72. The van der Waals surface area contributed by atoms with Crippen molar-refractivity contribution in [3.63, 3.8) is 0 Å². The zero-order chi connectivity index (χ0) is 13.0. The summed E-state index contributed by atoms with van der Waals surface area (Å²) in [5.41, 5.74) is -0.667. The van der Waals surface area contributed by atoms with Crippen LogP contribution in [0.15, 0.2) is 0 Å². The van der Waals surface area contributed by atoms with Crippen molar-refractivity contribution in [2.75, 3.05) is 26.2 Å². The number of carbonyl (C=O) groups excluding carboxylic acids is 1. The first-order valence-corrected chi connectivity index (χ1v) is 4.99. The molecule has 0 aliphatic heterocycles. The van der Waals surface area contributed by atoms with Gasteiger partial charge in [0.1, 0.15) is 0 Å². The molecule has 0 heterocycles. The molecule has 0 atom stereocenters. The van der Waals surface area contributed by atoms with Crippen molar-refractivity contribution in [3.05, 3.63) is 0 Å². The molecule has 0 aliphatic carbocycles. The number of nitrogens with zero attached hydrogens (tertiary/aromatic N) is 1. The van der Waals surface area contributed by atoms with Gasteiger partial charge < -0.3 is 5.11 Å². The maximum atomic E-state index is 12.1. The van der Waals surface area contributed by atoms with Gasteiger partial charge in [-0.2, -0.15) is 13.2 Å². The molecular formula is C10H18F3NO2. The third-order valence-electron chi connectivity index (χ3n) is 2.02. The van der Waals surface area contributed by atoms with E-state index in [-0.39, 0.29) is 18.9 Å². The summed E-state index contributed by atoms with van der Waals surface area (Å²) in [6.45, 7) is 2.95. The molecule has 16 heavy (non-hydrogen) atoms. The summed E-state index contributed by atoms with van der Waals surface area (Å²) in [4.78, 5) is 12.5. The molecule has 0 saturated heterocycles. The first-order chi connectivity index (χ1) is 7.06. The molecule has 3 nitrogen and oxygen atoms in total. The smallest absolute Gasteiger partial charge is 0.395 e. The van der Waals surface area contributed by atoms with Crippen LogP contribution in [0, 0.1) is 5.41 Å². The van der Waals surface area contributed by atoms with Crippen molar-refractivity contribution in [2.45, 2.75) is 26.9 Å². The van der Waals surface area contributed by atoms with Crippen molar-refractivity contribution < 1.29 is 23.1 Å². The van der Waals surface area contributed by atoms with Gasteiger partial charge in [0, 0.05) is 12.0 Å². The fourth-order valence-corrected chi connectivity index (χ4v) is 1.05. The molecule has 0 amide bonds. The van der Waals surface area contributed by atoms with Gasteiger partial charge in [-0.15, -0.1) is 0 Å². The van der Waals surface area contributed by atoms with Gasteiger partial charge in [0.2, 0.25) is 0 Å². The predicted octanol–water partition coefficient (Wildman–Crippen LogP) is 1.46. The summed E-state index contributed by atoms with van der Waals surface area (Å²) < 4.78 is 36.4. The van der Waals surface area contributed by atoms with E-state index in [2.05, 4.69) is 0 Å². The minimum atomic E-state index is -4.35. The topological polar surface area (TPSA) is 40.5 Å². The van der Waals surface area contributed by atoms with Crippen LogP contribution in [0.1, 0.15) is 20.8 Å². The van der Waals surface area contributed by atoms with Crippen LogP contribution in [0.2, 0.25) is 0 Å². The second kappa shape index (κ2) is 5.63. The Morgan fingerprint density at radius 1 is 1.25 bits per heavy atom. The van der Waals surface area contributed by atoms with Crippen molar-refractivity contribution in [1.82, 2.24) is 4.90 Å². The Bertz CT molecular complexity index is 233. The lowest BCUT2D eigenvalue weighted by Crippen LogP contribution is -2.42. The number of hydrogen-bond acceptors (Lipinski definition) is 3. The zero-order valence-electron chi connectivity index (χ0n) is 9.76. The highest BCUT2D eigenvalue weighted by Gasteiger charge is 2.32. The number of alkyl halides is 3. The molecule has 0 aliphatic rings. The lowest BCUT2D eigenvalue weighted by Gasteiger charge is -2.25. The number of ketones is 1. The van der Waals surface area contributed by atoms with Crippen molar-refractivity contribution in [2.24, 2.45) is 5.41 Å². The monoisotopic (exact) mass is 241 g/mol. The number of aliphatic hydroxyl groups is 1. The maximum Gasteiger partial charge on any atom is 0.401 e. The van der Waals surface area contributed by atoms with Crippen LogP contribution in [0.5, 0.6) is 0 Å². The highest BCUT2D eigenvalue weighted by molar-refractivity contribution is 5.85. The van der Waals surface area contributed by atoms with Gasteiger partial charge in [-0.25, -0.2) is 0 Å². The van der Waals surface area contributed by atoms with E-state index in [1.807, 2.05) is 0 Å². The van der Waals surface area contributed by atoms with E-state index in [0.717, 1.165) is 4.90 Å². The molecule has 0 aromatic rings. The molecule has 6 heteroatoms. The molecule has 0 fully saturated rings. The quantitative estimate of drug-likeness (QED) is 0.792. The van der Waals surface area contributed by atoms with Crippen molar-refractivity contribution in [3.8, 4) is 0 Å². The van der Waals surface area contributed by atoms with Crippen LogP contribution >= 0.6 is 0 Å². The molecule has 0 aromatic carbocycles. The number of halogens is 3. The molecular weight excluding hydrogens is 223 g/mol. The average molecular weight is 241 g/mol. The number of aliphatic hydroxyl groups excluding tert-OH is 1. The van der Waals surface area contributed by atoms with Gasteiger partial charge in [-0.1, -0.05) is 20.8 Å². The third-order valence-corrected chi connectivity index (χ3v) is 2.02. The summed E-state index contributed by atoms with van der Waals surface area (Å²) in [6, 6.07) is 0. The van der Waals surface area contributed by atoms with E-state index in [4.69, 9.17) is 5.11 Å². The molecule has 0 bridgehead atoms. The van der Waals surface area contributed by atoms with Crippen LogP contribution in [0.25, 0.3) is 0 Å². The number of hydrogen-bond donors (Lipinski definition) is 1. The Balaban J connectivity index is 4.40. The summed E-state index contributed by atoms with van der Waals surface area (Å²) in [7, 11) is 0. The number of carbonyl (C=O) groups is 1.